The van der Waals surface area contributed by atoms with Gasteiger partial charge in [-0.15, -0.1) is 0 Å². The van der Waals surface area contributed by atoms with E-state index in [-0.39, 0.29) is 28.6 Å². The van der Waals surface area contributed by atoms with Crippen molar-refractivity contribution in [1.82, 2.24) is 5.32 Å². The lowest BCUT2D eigenvalue weighted by Crippen LogP contribution is -2.53. The van der Waals surface area contributed by atoms with Gasteiger partial charge in [-0.05, 0) is 61.7 Å². The van der Waals surface area contributed by atoms with Gasteiger partial charge in [0.2, 0.25) is 5.91 Å². The molecule has 0 bridgehead atoms. The quantitative estimate of drug-likeness (QED) is 0.749. The number of methoxy groups -OCH3 is 1. The summed E-state index contributed by atoms with van der Waals surface area (Å²) in [6.45, 7) is 4.68. The Labute approximate surface area is 144 Å². The molecule has 1 unspecified atom stereocenters. The Kier molecular flexibility index (Phi) is 3.59. The van der Waals surface area contributed by atoms with E-state index >= 15 is 0 Å². The van der Waals surface area contributed by atoms with Crippen LogP contribution in [0.5, 0.6) is 0 Å². The van der Waals surface area contributed by atoms with E-state index in [2.05, 4.69) is 25.2 Å². The zero-order chi connectivity index (χ0) is 17.1. The first-order valence-electron chi connectivity index (χ1n) is 9.48. The molecular weight excluding hydrogens is 302 g/mol. The predicted molar refractivity (Wildman–Crippen MR) is 90.7 cm³/mol. The van der Waals surface area contributed by atoms with Crippen molar-refractivity contribution >= 4 is 11.9 Å². The third kappa shape index (κ3) is 2.04. The fraction of sp³-hybridized carbons (Fsp3) is 0.800. The lowest BCUT2D eigenvalue weighted by atomic mass is 9.49. The molecule has 0 aromatic rings. The first-order chi connectivity index (χ1) is 11.4. The lowest BCUT2D eigenvalue weighted by Gasteiger charge is -2.57. The molecule has 24 heavy (non-hydrogen) atoms. The van der Waals surface area contributed by atoms with Crippen LogP contribution < -0.4 is 5.32 Å². The number of piperidine rings is 1. The van der Waals surface area contributed by atoms with Crippen LogP contribution in [0.1, 0.15) is 58.8 Å². The van der Waals surface area contributed by atoms with Gasteiger partial charge in [-0.2, -0.15) is 0 Å². The molecular formula is C20H29NO3. The van der Waals surface area contributed by atoms with Crippen LogP contribution in [-0.4, -0.2) is 19.0 Å². The maximum absolute atomic E-state index is 12.3. The molecule has 6 atom stereocenters. The third-order valence-corrected chi connectivity index (χ3v) is 8.10. The van der Waals surface area contributed by atoms with E-state index in [4.69, 9.17) is 4.74 Å². The molecule has 0 aromatic heterocycles. The third-order valence-electron chi connectivity index (χ3n) is 8.10. The van der Waals surface area contributed by atoms with Crippen molar-refractivity contribution in [3.63, 3.8) is 0 Å². The Hall–Kier alpha value is -1.32. The molecule has 0 radical (unpaired) electrons. The molecule has 1 heterocycles. The molecule has 0 aromatic carbocycles. The van der Waals surface area contributed by atoms with Crippen molar-refractivity contribution in [2.24, 2.45) is 34.5 Å². The molecule has 132 valence electrons. The first kappa shape index (κ1) is 16.2. The molecule has 1 amide bonds. The van der Waals surface area contributed by atoms with Crippen LogP contribution in [0.4, 0.5) is 0 Å². The van der Waals surface area contributed by atoms with Gasteiger partial charge < -0.3 is 10.1 Å². The largest absolute Gasteiger partial charge is 0.469 e. The molecule has 0 spiro atoms. The Balaban J connectivity index is 1.65. The Morgan fingerprint density at radius 3 is 2.75 bits per heavy atom. The lowest BCUT2D eigenvalue weighted by molar-refractivity contribution is -0.152. The molecule has 4 heteroatoms. The number of carbonyl (C=O) groups is 2. The molecule has 2 saturated carbocycles. The van der Waals surface area contributed by atoms with Crippen molar-refractivity contribution in [3.8, 4) is 0 Å². The van der Waals surface area contributed by atoms with E-state index in [0.29, 0.717) is 24.2 Å². The minimum absolute atomic E-state index is 0.0124. The summed E-state index contributed by atoms with van der Waals surface area (Å²) in [6.07, 6.45) is 9.33. The Bertz CT molecular complexity index is 612. The van der Waals surface area contributed by atoms with E-state index in [1.807, 2.05) is 0 Å². The van der Waals surface area contributed by atoms with Gasteiger partial charge in [-0.3, -0.25) is 9.59 Å². The number of allylic oxidation sites excluding steroid dienone is 2. The molecule has 4 aliphatic rings. The van der Waals surface area contributed by atoms with Crippen LogP contribution in [0.25, 0.3) is 0 Å². The highest BCUT2D eigenvalue weighted by Crippen LogP contribution is 2.65. The SMILES string of the molecule is COC(=O)C1CC[C@H]2[C@@H]3CC=C4NC(=O)CC[C@]4(C)[C@H]3CC[C@]12C. The number of hydrogen-bond acceptors (Lipinski definition) is 3. The summed E-state index contributed by atoms with van der Waals surface area (Å²) in [4.78, 5) is 24.1. The number of esters is 1. The summed E-state index contributed by atoms with van der Waals surface area (Å²) in [6, 6.07) is 0. The summed E-state index contributed by atoms with van der Waals surface area (Å²) in [7, 11) is 1.52. The number of carbonyl (C=O) groups excluding carboxylic acids is 2. The van der Waals surface area contributed by atoms with Crippen LogP contribution in [0.3, 0.4) is 0 Å². The van der Waals surface area contributed by atoms with E-state index in [0.717, 1.165) is 38.5 Å². The minimum atomic E-state index is -0.0124. The number of fused-ring (bicyclic) bond motifs is 5. The number of amides is 1. The maximum Gasteiger partial charge on any atom is 0.309 e. The van der Waals surface area contributed by atoms with Crippen molar-refractivity contribution < 1.29 is 14.3 Å². The average Bonchev–Trinajstić information content (AvgIpc) is 2.92. The van der Waals surface area contributed by atoms with Gasteiger partial charge >= 0.3 is 5.97 Å². The fourth-order valence-corrected chi connectivity index (χ4v) is 6.72. The van der Waals surface area contributed by atoms with Gasteiger partial charge in [0.1, 0.15) is 0 Å². The molecule has 4 rings (SSSR count). The molecule has 4 nitrogen and oxygen atoms in total. The summed E-state index contributed by atoms with van der Waals surface area (Å²) in [5.41, 5.74) is 1.38. The summed E-state index contributed by atoms with van der Waals surface area (Å²) in [5.74, 6) is 2.10. The highest BCUT2D eigenvalue weighted by atomic mass is 16.5. The minimum Gasteiger partial charge on any atom is -0.469 e. The normalized spacial score (nSPS) is 47.0. The highest BCUT2D eigenvalue weighted by Gasteiger charge is 2.60. The summed E-state index contributed by atoms with van der Waals surface area (Å²) in [5, 5.41) is 3.15. The highest BCUT2D eigenvalue weighted by molar-refractivity contribution is 5.79. The van der Waals surface area contributed by atoms with Crippen molar-refractivity contribution in [2.45, 2.75) is 58.8 Å². The zero-order valence-electron chi connectivity index (χ0n) is 15.1. The number of ether oxygens (including phenoxy) is 1. The summed E-state index contributed by atoms with van der Waals surface area (Å²) >= 11 is 0. The second-order valence-corrected chi connectivity index (χ2v) is 8.89. The second kappa shape index (κ2) is 5.34. The molecule has 1 aliphatic heterocycles. The Morgan fingerprint density at radius 2 is 2.00 bits per heavy atom. The van der Waals surface area contributed by atoms with Crippen LogP contribution in [-0.2, 0) is 14.3 Å². The number of rotatable bonds is 1. The van der Waals surface area contributed by atoms with Crippen LogP contribution in [0, 0.1) is 34.5 Å². The number of nitrogens with one attached hydrogen (secondary N) is 1. The van der Waals surface area contributed by atoms with Gasteiger partial charge in [0.05, 0.1) is 13.0 Å². The van der Waals surface area contributed by atoms with E-state index in [9.17, 15) is 9.59 Å². The standard InChI is InChI=1S/C20H29NO3/c1-19-10-8-14-12(13(19)5-6-15(19)18(23)24-3)4-7-16-20(14,2)11-9-17(22)21-16/h7,12-15H,4-6,8-11H2,1-3H3,(H,21,22)/t12-,13-,14-,15?,19-,20+/m0/s1. The van der Waals surface area contributed by atoms with Crippen LogP contribution in [0.15, 0.2) is 11.8 Å². The van der Waals surface area contributed by atoms with Gasteiger partial charge in [0.15, 0.2) is 0 Å². The van der Waals surface area contributed by atoms with Crippen molar-refractivity contribution in [2.75, 3.05) is 7.11 Å². The smallest absolute Gasteiger partial charge is 0.309 e. The van der Waals surface area contributed by atoms with Gasteiger partial charge in [-0.1, -0.05) is 19.9 Å². The zero-order valence-corrected chi connectivity index (χ0v) is 15.1. The van der Waals surface area contributed by atoms with Crippen LogP contribution >= 0.6 is 0 Å². The van der Waals surface area contributed by atoms with E-state index in [1.165, 1.54) is 12.8 Å². The van der Waals surface area contributed by atoms with E-state index < -0.39 is 0 Å². The Morgan fingerprint density at radius 1 is 1.21 bits per heavy atom. The fourth-order valence-electron chi connectivity index (χ4n) is 6.72. The average molecular weight is 331 g/mol. The van der Waals surface area contributed by atoms with Gasteiger partial charge in [-0.25, -0.2) is 0 Å². The first-order valence-corrected chi connectivity index (χ1v) is 9.48. The molecule has 3 aliphatic carbocycles. The predicted octanol–water partition coefficient (Wildman–Crippen LogP) is 3.42. The van der Waals surface area contributed by atoms with Gasteiger partial charge in [0, 0.05) is 17.5 Å². The molecule has 1 saturated heterocycles. The second-order valence-electron chi connectivity index (χ2n) is 8.89. The van der Waals surface area contributed by atoms with Crippen LogP contribution in [0.2, 0.25) is 0 Å². The maximum atomic E-state index is 12.3. The monoisotopic (exact) mass is 331 g/mol. The van der Waals surface area contributed by atoms with Crippen molar-refractivity contribution in [3.05, 3.63) is 11.8 Å². The van der Waals surface area contributed by atoms with E-state index in [1.54, 1.807) is 0 Å². The van der Waals surface area contributed by atoms with Crippen molar-refractivity contribution in [1.29, 1.82) is 0 Å². The number of hydrogen-bond donors (Lipinski definition) is 1. The topological polar surface area (TPSA) is 55.4 Å². The van der Waals surface area contributed by atoms with Gasteiger partial charge in [0.25, 0.3) is 0 Å². The summed E-state index contributed by atoms with van der Waals surface area (Å²) < 4.78 is 5.10. The molecule has 3 fully saturated rings. The molecule has 1 N–H and O–H groups in total.